The zero-order chi connectivity index (χ0) is 17.9. The van der Waals surface area contributed by atoms with Gasteiger partial charge in [-0.1, -0.05) is 32.0 Å². The number of nitrogens with one attached hydrogen (secondary N) is 1. The summed E-state index contributed by atoms with van der Waals surface area (Å²) in [6.07, 6.45) is 0. The van der Waals surface area contributed by atoms with E-state index in [4.69, 9.17) is 15.2 Å². The molecule has 0 radical (unpaired) electrons. The first-order chi connectivity index (χ1) is 11.9. The lowest BCUT2D eigenvalue weighted by atomic mass is 9.84. The second-order valence-corrected chi connectivity index (χ2v) is 6.94. The fourth-order valence-corrected chi connectivity index (χ4v) is 2.75. The van der Waals surface area contributed by atoms with E-state index in [9.17, 15) is 0 Å². The minimum Gasteiger partial charge on any atom is -0.486 e. The van der Waals surface area contributed by atoms with E-state index in [-0.39, 0.29) is 5.41 Å². The summed E-state index contributed by atoms with van der Waals surface area (Å²) in [6.45, 7) is 8.08. The van der Waals surface area contributed by atoms with E-state index in [0.29, 0.717) is 25.7 Å². The number of benzene rings is 2. The Hall–Kier alpha value is -2.69. The molecule has 0 bridgehead atoms. The van der Waals surface area contributed by atoms with Gasteiger partial charge in [-0.3, -0.25) is 4.99 Å². The Morgan fingerprint density at radius 3 is 2.64 bits per heavy atom. The summed E-state index contributed by atoms with van der Waals surface area (Å²) in [6, 6.07) is 14.1. The minimum atomic E-state index is -0.172. The van der Waals surface area contributed by atoms with Crippen LogP contribution in [0.15, 0.2) is 47.5 Å². The Labute approximate surface area is 148 Å². The van der Waals surface area contributed by atoms with Crippen LogP contribution in [0.4, 0.5) is 5.69 Å². The lowest BCUT2D eigenvalue weighted by molar-refractivity contribution is 0.171. The fourth-order valence-electron chi connectivity index (χ4n) is 2.75. The van der Waals surface area contributed by atoms with Crippen LogP contribution in [0.1, 0.15) is 25.0 Å². The molecule has 3 N–H and O–H groups in total. The number of aryl methyl sites for hydroxylation is 1. The molecule has 2 aromatic rings. The molecule has 1 aliphatic heterocycles. The third-order valence-corrected chi connectivity index (χ3v) is 4.26. The molecule has 3 rings (SSSR count). The van der Waals surface area contributed by atoms with E-state index in [0.717, 1.165) is 22.7 Å². The van der Waals surface area contributed by atoms with E-state index in [1.54, 1.807) is 0 Å². The van der Waals surface area contributed by atoms with Crippen LogP contribution in [0.5, 0.6) is 11.5 Å². The van der Waals surface area contributed by atoms with E-state index in [2.05, 4.69) is 30.2 Å². The lowest BCUT2D eigenvalue weighted by Gasteiger charge is -2.26. The van der Waals surface area contributed by atoms with E-state index < -0.39 is 0 Å². The van der Waals surface area contributed by atoms with Crippen molar-refractivity contribution in [2.45, 2.75) is 26.2 Å². The predicted octanol–water partition coefficient (Wildman–Crippen LogP) is 3.47. The highest BCUT2D eigenvalue weighted by Gasteiger charge is 2.23. The standard InChI is InChI=1S/C20H25N3O2/c1-14-5-4-6-16(11-14)23-19(21)22-13-20(2,3)15-7-8-17-18(12-15)25-10-9-24-17/h4-8,11-12H,9-10,13H2,1-3H3,(H3,21,22,23). The summed E-state index contributed by atoms with van der Waals surface area (Å²) in [5.41, 5.74) is 9.14. The van der Waals surface area contributed by atoms with Gasteiger partial charge in [-0.25, -0.2) is 0 Å². The largest absolute Gasteiger partial charge is 0.486 e. The summed E-state index contributed by atoms with van der Waals surface area (Å²) >= 11 is 0. The van der Waals surface area contributed by atoms with Gasteiger partial charge in [-0.15, -0.1) is 0 Å². The number of nitrogens with zero attached hydrogens (tertiary/aromatic N) is 1. The number of hydrogen-bond acceptors (Lipinski definition) is 3. The van der Waals surface area contributed by atoms with Crippen LogP contribution in [-0.4, -0.2) is 25.7 Å². The van der Waals surface area contributed by atoms with E-state index in [1.807, 2.05) is 43.3 Å². The maximum Gasteiger partial charge on any atom is 0.193 e. The number of rotatable bonds is 4. The van der Waals surface area contributed by atoms with Crippen molar-refractivity contribution in [2.24, 2.45) is 10.7 Å². The molecular weight excluding hydrogens is 314 g/mol. The quantitative estimate of drug-likeness (QED) is 0.661. The molecule has 0 fully saturated rings. The van der Waals surface area contributed by atoms with Crippen LogP contribution in [0.2, 0.25) is 0 Å². The van der Waals surface area contributed by atoms with Crippen molar-refractivity contribution in [1.82, 2.24) is 0 Å². The zero-order valence-electron chi connectivity index (χ0n) is 15.0. The molecule has 0 saturated heterocycles. The van der Waals surface area contributed by atoms with Crippen molar-refractivity contribution in [3.63, 3.8) is 0 Å². The average molecular weight is 339 g/mol. The van der Waals surface area contributed by atoms with Gasteiger partial charge in [-0.2, -0.15) is 0 Å². The molecule has 132 valence electrons. The van der Waals surface area contributed by atoms with Gasteiger partial charge in [-0.05, 0) is 42.3 Å². The number of ether oxygens (including phenoxy) is 2. The Kier molecular flexibility index (Phi) is 4.83. The molecule has 0 aromatic heterocycles. The van der Waals surface area contributed by atoms with Gasteiger partial charge in [0.25, 0.3) is 0 Å². The van der Waals surface area contributed by atoms with Gasteiger partial charge in [0.15, 0.2) is 17.5 Å². The number of fused-ring (bicyclic) bond motifs is 1. The zero-order valence-corrected chi connectivity index (χ0v) is 15.0. The van der Waals surface area contributed by atoms with Crippen LogP contribution in [0.25, 0.3) is 0 Å². The summed E-state index contributed by atoms with van der Waals surface area (Å²) in [5.74, 6) is 2.01. The van der Waals surface area contributed by atoms with Crippen LogP contribution < -0.4 is 20.5 Å². The fraction of sp³-hybridized carbons (Fsp3) is 0.350. The maximum atomic E-state index is 6.05. The topological polar surface area (TPSA) is 68.9 Å². The van der Waals surface area contributed by atoms with Crippen LogP contribution in [0, 0.1) is 6.92 Å². The number of guanidine groups is 1. The predicted molar refractivity (Wildman–Crippen MR) is 102 cm³/mol. The molecule has 0 atom stereocenters. The normalized spacial score (nSPS) is 14.3. The highest BCUT2D eigenvalue weighted by Crippen LogP contribution is 2.35. The molecule has 25 heavy (non-hydrogen) atoms. The first-order valence-electron chi connectivity index (χ1n) is 8.48. The highest BCUT2D eigenvalue weighted by molar-refractivity contribution is 5.92. The average Bonchev–Trinajstić information content (AvgIpc) is 2.60. The highest BCUT2D eigenvalue weighted by atomic mass is 16.6. The van der Waals surface area contributed by atoms with E-state index >= 15 is 0 Å². The third kappa shape index (κ3) is 4.24. The summed E-state index contributed by atoms with van der Waals surface area (Å²) in [5, 5.41) is 3.14. The number of hydrogen-bond donors (Lipinski definition) is 2. The number of nitrogens with two attached hydrogens (primary N) is 1. The van der Waals surface area contributed by atoms with Gasteiger partial charge in [0.2, 0.25) is 0 Å². The smallest absolute Gasteiger partial charge is 0.193 e. The molecular formula is C20H25N3O2. The van der Waals surface area contributed by atoms with Crippen molar-refractivity contribution in [3.05, 3.63) is 53.6 Å². The first-order valence-corrected chi connectivity index (χ1v) is 8.48. The molecule has 0 spiro atoms. The molecule has 5 heteroatoms. The third-order valence-electron chi connectivity index (χ3n) is 4.26. The maximum absolute atomic E-state index is 6.05. The monoisotopic (exact) mass is 339 g/mol. The molecule has 0 unspecified atom stereocenters. The SMILES string of the molecule is Cc1cccc(NC(N)=NCC(C)(C)c2ccc3c(c2)OCCO3)c1. The molecule has 0 saturated carbocycles. The number of anilines is 1. The van der Waals surface area contributed by atoms with Crippen LogP contribution >= 0.6 is 0 Å². The molecule has 0 aliphatic carbocycles. The molecule has 1 aliphatic rings. The van der Waals surface area contributed by atoms with E-state index in [1.165, 1.54) is 5.56 Å². The molecule has 1 heterocycles. The first kappa shape index (κ1) is 17.1. The minimum absolute atomic E-state index is 0.172. The van der Waals surface area contributed by atoms with Gasteiger partial charge in [0.1, 0.15) is 13.2 Å². The van der Waals surface area contributed by atoms with Crippen LogP contribution in [0.3, 0.4) is 0 Å². The van der Waals surface area contributed by atoms with Crippen molar-refractivity contribution in [1.29, 1.82) is 0 Å². The molecule has 5 nitrogen and oxygen atoms in total. The Morgan fingerprint density at radius 2 is 1.88 bits per heavy atom. The number of aliphatic imine (C=N–C) groups is 1. The van der Waals surface area contributed by atoms with Crippen molar-refractivity contribution < 1.29 is 9.47 Å². The van der Waals surface area contributed by atoms with Gasteiger partial charge >= 0.3 is 0 Å². The van der Waals surface area contributed by atoms with Crippen molar-refractivity contribution >= 4 is 11.6 Å². The second kappa shape index (κ2) is 7.05. The molecule has 0 amide bonds. The summed E-state index contributed by atoms with van der Waals surface area (Å²) in [7, 11) is 0. The van der Waals surface area contributed by atoms with Gasteiger partial charge < -0.3 is 20.5 Å². The van der Waals surface area contributed by atoms with Crippen molar-refractivity contribution in [3.8, 4) is 11.5 Å². The Morgan fingerprint density at radius 1 is 1.12 bits per heavy atom. The van der Waals surface area contributed by atoms with Gasteiger partial charge in [0.05, 0.1) is 6.54 Å². The lowest BCUT2D eigenvalue weighted by Crippen LogP contribution is -2.28. The molecule has 2 aromatic carbocycles. The van der Waals surface area contributed by atoms with Crippen LogP contribution in [-0.2, 0) is 5.41 Å². The summed E-state index contributed by atoms with van der Waals surface area (Å²) in [4.78, 5) is 4.52. The Balaban J connectivity index is 1.70. The van der Waals surface area contributed by atoms with Gasteiger partial charge in [0, 0.05) is 11.1 Å². The van der Waals surface area contributed by atoms with Crippen molar-refractivity contribution in [2.75, 3.05) is 25.1 Å². The Bertz CT molecular complexity index is 784. The summed E-state index contributed by atoms with van der Waals surface area (Å²) < 4.78 is 11.3. The second-order valence-electron chi connectivity index (χ2n) is 6.94.